The minimum atomic E-state index is -2.30. The van der Waals surface area contributed by atoms with Gasteiger partial charge in [-0.1, -0.05) is 23.2 Å². The number of rotatable bonds is 4. The van der Waals surface area contributed by atoms with Gasteiger partial charge in [0.15, 0.2) is 0 Å². The molecule has 2 heterocycles. The Kier molecular flexibility index (Phi) is 5.01. The summed E-state index contributed by atoms with van der Waals surface area (Å²) in [5.41, 5.74) is 2.18. The molecule has 1 aromatic carbocycles. The molecule has 0 N–H and O–H groups in total. The zero-order valence-corrected chi connectivity index (χ0v) is 16.7. The molecule has 0 aliphatic carbocycles. The van der Waals surface area contributed by atoms with E-state index in [-0.39, 0.29) is 11.5 Å². The second-order valence-corrected chi connectivity index (χ2v) is 9.68. The third kappa shape index (κ3) is 3.72. The molecule has 5 nitrogen and oxygen atoms in total. The van der Waals surface area contributed by atoms with Gasteiger partial charge in [-0.15, -0.1) is 0 Å². The molecule has 136 valence electrons. The molecule has 0 atom stereocenters. The van der Waals surface area contributed by atoms with Crippen LogP contribution in [-0.2, 0) is 9.52 Å². The van der Waals surface area contributed by atoms with Crippen molar-refractivity contribution < 1.29 is 13.7 Å². The van der Waals surface area contributed by atoms with Gasteiger partial charge in [0.25, 0.3) is 0 Å². The molecule has 0 amide bonds. The van der Waals surface area contributed by atoms with Crippen LogP contribution in [0.4, 0.5) is 0 Å². The zero-order chi connectivity index (χ0) is 19.1. The van der Waals surface area contributed by atoms with Crippen molar-refractivity contribution in [2.24, 2.45) is 0 Å². The molecule has 2 aromatic heterocycles. The number of pyridine rings is 1. The van der Waals surface area contributed by atoms with Gasteiger partial charge < -0.3 is 9.14 Å². The Morgan fingerprint density at radius 1 is 1.27 bits per heavy atom. The number of methoxy groups -OCH3 is 1. The number of ketones is 1. The molecule has 3 aromatic rings. The number of nitrogens with zero attached hydrogens (tertiary/aromatic N) is 2. The van der Waals surface area contributed by atoms with Crippen LogP contribution in [0.25, 0.3) is 16.8 Å². The molecule has 0 aliphatic rings. The van der Waals surface area contributed by atoms with E-state index in [4.69, 9.17) is 27.9 Å². The van der Waals surface area contributed by atoms with Crippen molar-refractivity contribution in [2.45, 2.75) is 0 Å². The maximum Gasteiger partial charge on any atom is 0.213 e. The van der Waals surface area contributed by atoms with Gasteiger partial charge in [0.2, 0.25) is 5.78 Å². The van der Waals surface area contributed by atoms with E-state index in [2.05, 4.69) is 4.98 Å². The summed E-state index contributed by atoms with van der Waals surface area (Å²) in [6.45, 7) is 0. The summed E-state index contributed by atoms with van der Waals surface area (Å²) < 4.78 is 18.9. The predicted octanol–water partition coefficient (Wildman–Crippen LogP) is 3.85. The molecule has 0 spiro atoms. The number of hydrogen-bond donors (Lipinski definition) is 0. The van der Waals surface area contributed by atoms with Gasteiger partial charge in [-0.05, 0) is 39.4 Å². The number of benzene rings is 1. The summed E-state index contributed by atoms with van der Waals surface area (Å²) in [6.07, 6.45) is 6.37. The lowest BCUT2D eigenvalue weighted by molar-refractivity contribution is 0.106. The normalized spacial score (nSPS) is 11.6. The summed E-state index contributed by atoms with van der Waals surface area (Å²) in [5.74, 6) is 0.209. The molecule has 0 aliphatic heterocycles. The highest BCUT2D eigenvalue weighted by molar-refractivity contribution is 8.01. The van der Waals surface area contributed by atoms with Crippen LogP contribution >= 0.6 is 23.2 Å². The number of imidazole rings is 1. The van der Waals surface area contributed by atoms with Gasteiger partial charge in [0, 0.05) is 35.8 Å². The fraction of sp³-hybridized carbons (Fsp3) is 0.167. The standard InChI is InChI=1S/C18H16Cl2N2O3S/c1-25-15-5-4-12(19)18(20)17(15)11-6-7-22-9-13(21-16(22)8-11)14(23)10-26(2,3)24/h4-10H,1-3H3. The summed E-state index contributed by atoms with van der Waals surface area (Å²) in [6, 6.07) is 7.02. The summed E-state index contributed by atoms with van der Waals surface area (Å²) in [5, 5.41) is 1.99. The maximum absolute atomic E-state index is 12.2. The van der Waals surface area contributed by atoms with Crippen LogP contribution in [0.15, 0.2) is 36.7 Å². The quantitative estimate of drug-likeness (QED) is 0.484. The van der Waals surface area contributed by atoms with Crippen molar-refractivity contribution in [1.29, 1.82) is 0 Å². The number of aromatic nitrogens is 2. The second kappa shape index (κ2) is 6.95. The minimum Gasteiger partial charge on any atom is -0.496 e. The zero-order valence-electron chi connectivity index (χ0n) is 14.3. The van der Waals surface area contributed by atoms with E-state index in [1.54, 1.807) is 42.1 Å². The molecule has 0 unspecified atom stereocenters. The topological polar surface area (TPSA) is 60.7 Å². The number of hydrogen-bond acceptors (Lipinski definition) is 4. The molecule has 0 saturated heterocycles. The molecular formula is C18H16Cl2N2O3S. The largest absolute Gasteiger partial charge is 0.496 e. The lowest BCUT2D eigenvalue weighted by atomic mass is 10.1. The Balaban J connectivity index is 2.14. The van der Waals surface area contributed by atoms with Crippen molar-refractivity contribution in [3.05, 3.63) is 52.4 Å². The summed E-state index contributed by atoms with van der Waals surface area (Å²) in [7, 11) is -0.750. The monoisotopic (exact) mass is 410 g/mol. The van der Waals surface area contributed by atoms with E-state index >= 15 is 0 Å². The smallest absolute Gasteiger partial charge is 0.213 e. The predicted molar refractivity (Wildman–Crippen MR) is 108 cm³/mol. The fourth-order valence-corrected chi connectivity index (χ4v) is 3.61. The van der Waals surface area contributed by atoms with E-state index < -0.39 is 9.52 Å². The van der Waals surface area contributed by atoms with Crippen molar-refractivity contribution >= 4 is 49.5 Å². The van der Waals surface area contributed by atoms with E-state index in [9.17, 15) is 9.00 Å². The van der Waals surface area contributed by atoms with Crippen molar-refractivity contribution in [2.75, 3.05) is 19.6 Å². The number of fused-ring (bicyclic) bond motifs is 1. The highest BCUT2D eigenvalue weighted by atomic mass is 35.5. The number of Topliss-reactive ketones (excluding diaryl/α,β-unsaturated/α-hetero) is 1. The molecule has 0 fully saturated rings. The third-order valence-electron chi connectivity index (χ3n) is 3.67. The molecule has 0 radical (unpaired) electrons. The Bertz CT molecular complexity index is 1140. The first-order chi connectivity index (χ1) is 12.2. The van der Waals surface area contributed by atoms with Gasteiger partial charge in [-0.3, -0.25) is 9.00 Å². The summed E-state index contributed by atoms with van der Waals surface area (Å²) >= 11 is 12.5. The van der Waals surface area contributed by atoms with Gasteiger partial charge in [0.1, 0.15) is 17.1 Å². The van der Waals surface area contributed by atoms with Crippen LogP contribution in [0.3, 0.4) is 0 Å². The summed E-state index contributed by atoms with van der Waals surface area (Å²) in [4.78, 5) is 16.5. The first-order valence-corrected chi connectivity index (χ1v) is 10.7. The van der Waals surface area contributed by atoms with Gasteiger partial charge in [-0.25, -0.2) is 4.98 Å². The Morgan fingerprint density at radius 2 is 2.00 bits per heavy atom. The molecule has 0 bridgehead atoms. The molecule has 0 saturated carbocycles. The number of carbonyl (C=O) groups is 1. The van der Waals surface area contributed by atoms with Crippen molar-refractivity contribution in [3.63, 3.8) is 0 Å². The molecule has 8 heteroatoms. The first-order valence-electron chi connectivity index (χ1n) is 7.54. The lowest BCUT2D eigenvalue weighted by Crippen LogP contribution is -2.08. The highest BCUT2D eigenvalue weighted by Crippen LogP contribution is 2.40. The highest BCUT2D eigenvalue weighted by Gasteiger charge is 2.16. The molecular weight excluding hydrogens is 395 g/mol. The lowest BCUT2D eigenvalue weighted by Gasteiger charge is -2.12. The van der Waals surface area contributed by atoms with Crippen molar-refractivity contribution in [3.8, 4) is 16.9 Å². The van der Waals surface area contributed by atoms with E-state index in [1.807, 2.05) is 6.07 Å². The van der Waals surface area contributed by atoms with E-state index in [0.717, 1.165) is 5.56 Å². The van der Waals surface area contributed by atoms with Crippen LogP contribution in [-0.4, -0.2) is 44.4 Å². The van der Waals surface area contributed by atoms with Crippen LogP contribution in [0.1, 0.15) is 10.5 Å². The van der Waals surface area contributed by atoms with Crippen molar-refractivity contribution in [1.82, 2.24) is 9.38 Å². The number of ether oxygens (including phenoxy) is 1. The van der Waals surface area contributed by atoms with Crippen LogP contribution in [0.2, 0.25) is 10.0 Å². The molecule has 3 rings (SSSR count). The van der Waals surface area contributed by atoms with E-state index in [1.165, 1.54) is 17.9 Å². The fourth-order valence-electron chi connectivity index (χ4n) is 2.55. The van der Waals surface area contributed by atoms with Gasteiger partial charge in [-0.2, -0.15) is 0 Å². The molecule has 26 heavy (non-hydrogen) atoms. The van der Waals surface area contributed by atoms with Gasteiger partial charge >= 0.3 is 0 Å². The van der Waals surface area contributed by atoms with Crippen LogP contribution in [0, 0.1) is 0 Å². The van der Waals surface area contributed by atoms with E-state index in [0.29, 0.717) is 27.0 Å². The van der Waals surface area contributed by atoms with Crippen LogP contribution < -0.4 is 4.74 Å². The minimum absolute atomic E-state index is 0.225. The third-order valence-corrected chi connectivity index (χ3v) is 5.25. The Labute approximate surface area is 161 Å². The Hall–Kier alpha value is -2.02. The second-order valence-electron chi connectivity index (χ2n) is 6.04. The maximum atomic E-state index is 12.2. The Morgan fingerprint density at radius 3 is 2.65 bits per heavy atom. The SMILES string of the molecule is COc1ccc(Cl)c(Cl)c1-c1ccn2cc(C(=O)C=S(C)(C)=O)nc2c1. The average Bonchev–Trinajstić information content (AvgIpc) is 2.99. The first kappa shape index (κ1) is 18.8. The van der Waals surface area contributed by atoms with Crippen LogP contribution in [0.5, 0.6) is 5.75 Å². The number of halogens is 2. The average molecular weight is 411 g/mol. The van der Waals surface area contributed by atoms with Gasteiger partial charge in [0.05, 0.1) is 17.2 Å². The number of carbonyl (C=O) groups excluding carboxylic acids is 1.